The van der Waals surface area contributed by atoms with Gasteiger partial charge in [-0.3, -0.25) is 0 Å². The van der Waals surface area contributed by atoms with Crippen LogP contribution in [0.3, 0.4) is 0 Å². The van der Waals surface area contributed by atoms with Crippen LogP contribution in [0.4, 0.5) is 0 Å². The van der Waals surface area contributed by atoms with E-state index in [0.29, 0.717) is 6.61 Å². The van der Waals surface area contributed by atoms with Crippen molar-refractivity contribution in [2.75, 3.05) is 6.61 Å². The Labute approximate surface area is 83.1 Å². The molecule has 0 atom stereocenters. The maximum absolute atomic E-state index is 5.35. The van der Waals surface area contributed by atoms with Crippen molar-refractivity contribution in [3.63, 3.8) is 0 Å². The van der Waals surface area contributed by atoms with Crippen LogP contribution in [0.15, 0.2) is 47.1 Å². The maximum Gasteiger partial charge on any atom is 0.133 e. The molecule has 2 rings (SSSR count). The van der Waals surface area contributed by atoms with Crippen LogP contribution in [-0.2, 0) is 0 Å². The van der Waals surface area contributed by atoms with E-state index < -0.39 is 0 Å². The molecule has 0 N–H and O–H groups in total. The van der Waals surface area contributed by atoms with Gasteiger partial charge >= 0.3 is 0 Å². The molecule has 0 fully saturated rings. The summed E-state index contributed by atoms with van der Waals surface area (Å²) in [5, 5.41) is 0. The molecule has 72 valence electrons. The molecule has 1 aromatic heterocycles. The summed E-state index contributed by atoms with van der Waals surface area (Å²) in [5.41, 5.74) is 1.07. The molecule has 2 aromatic rings. The number of hydrogen-bond acceptors (Lipinski definition) is 2. The van der Waals surface area contributed by atoms with Gasteiger partial charge in [0.2, 0.25) is 0 Å². The second-order valence-corrected chi connectivity index (χ2v) is 2.93. The van der Waals surface area contributed by atoms with Crippen molar-refractivity contribution in [2.24, 2.45) is 0 Å². The highest BCUT2D eigenvalue weighted by Crippen LogP contribution is 2.22. The van der Waals surface area contributed by atoms with Gasteiger partial charge in [0.05, 0.1) is 12.9 Å². The Kier molecular flexibility index (Phi) is 2.54. The molecule has 0 radical (unpaired) electrons. The van der Waals surface area contributed by atoms with Crippen molar-refractivity contribution in [2.45, 2.75) is 6.92 Å². The first-order valence-corrected chi connectivity index (χ1v) is 4.67. The molecule has 0 spiro atoms. The maximum atomic E-state index is 5.35. The first-order chi connectivity index (χ1) is 6.90. The predicted molar refractivity (Wildman–Crippen MR) is 55.3 cm³/mol. The average molecular weight is 188 g/mol. The Balaban J connectivity index is 2.22. The van der Waals surface area contributed by atoms with Crippen LogP contribution in [-0.4, -0.2) is 6.61 Å². The first kappa shape index (κ1) is 8.88. The van der Waals surface area contributed by atoms with Crippen molar-refractivity contribution in [3.8, 4) is 17.1 Å². The Hall–Kier alpha value is -1.70. The van der Waals surface area contributed by atoms with Crippen LogP contribution < -0.4 is 4.74 Å². The molecule has 0 bridgehead atoms. The normalized spacial score (nSPS) is 10.1. The van der Waals surface area contributed by atoms with Gasteiger partial charge in [-0.05, 0) is 43.3 Å². The summed E-state index contributed by atoms with van der Waals surface area (Å²) >= 11 is 0. The minimum atomic E-state index is 0.695. The molecule has 1 aromatic carbocycles. The van der Waals surface area contributed by atoms with Crippen LogP contribution in [0, 0.1) is 0 Å². The number of benzene rings is 1. The summed E-state index contributed by atoms with van der Waals surface area (Å²) < 4.78 is 10.6. The van der Waals surface area contributed by atoms with Crippen molar-refractivity contribution in [1.82, 2.24) is 0 Å². The van der Waals surface area contributed by atoms with E-state index in [9.17, 15) is 0 Å². The molecule has 0 unspecified atom stereocenters. The van der Waals surface area contributed by atoms with Gasteiger partial charge in [-0.25, -0.2) is 0 Å². The van der Waals surface area contributed by atoms with Crippen molar-refractivity contribution >= 4 is 0 Å². The highest BCUT2D eigenvalue weighted by Gasteiger charge is 1.99. The summed E-state index contributed by atoms with van der Waals surface area (Å²) in [6.07, 6.45) is 1.67. The number of hydrogen-bond donors (Lipinski definition) is 0. The fourth-order valence-electron chi connectivity index (χ4n) is 1.32. The lowest BCUT2D eigenvalue weighted by atomic mass is 10.2. The molecule has 0 aliphatic rings. The van der Waals surface area contributed by atoms with Gasteiger partial charge in [0.25, 0.3) is 0 Å². The monoisotopic (exact) mass is 188 g/mol. The third-order valence-corrected chi connectivity index (χ3v) is 1.97. The largest absolute Gasteiger partial charge is 0.494 e. The number of ether oxygens (including phenoxy) is 1. The van der Waals surface area contributed by atoms with E-state index >= 15 is 0 Å². The lowest BCUT2D eigenvalue weighted by Crippen LogP contribution is -1.90. The zero-order chi connectivity index (χ0) is 9.80. The molecule has 2 nitrogen and oxygen atoms in total. The minimum absolute atomic E-state index is 0.695. The highest BCUT2D eigenvalue weighted by atomic mass is 16.5. The summed E-state index contributed by atoms with van der Waals surface area (Å²) in [7, 11) is 0. The second kappa shape index (κ2) is 4.01. The summed E-state index contributed by atoms with van der Waals surface area (Å²) in [4.78, 5) is 0. The lowest BCUT2D eigenvalue weighted by molar-refractivity contribution is 0.340. The third-order valence-electron chi connectivity index (χ3n) is 1.97. The van der Waals surface area contributed by atoms with E-state index in [1.165, 1.54) is 0 Å². The van der Waals surface area contributed by atoms with Crippen LogP contribution >= 0.6 is 0 Å². The molecule has 0 aliphatic heterocycles. The van der Waals surface area contributed by atoms with Gasteiger partial charge in [-0.1, -0.05) is 0 Å². The van der Waals surface area contributed by atoms with Crippen molar-refractivity contribution in [1.29, 1.82) is 0 Å². The summed E-state index contributed by atoms with van der Waals surface area (Å²) in [5.74, 6) is 1.77. The minimum Gasteiger partial charge on any atom is -0.494 e. The van der Waals surface area contributed by atoms with E-state index in [2.05, 4.69) is 0 Å². The average Bonchev–Trinajstić information content (AvgIpc) is 2.72. The molecular formula is C12H12O2. The van der Waals surface area contributed by atoms with Gasteiger partial charge < -0.3 is 9.15 Å². The van der Waals surface area contributed by atoms with Crippen molar-refractivity contribution in [3.05, 3.63) is 42.7 Å². The van der Waals surface area contributed by atoms with Crippen LogP contribution in [0.2, 0.25) is 0 Å². The fourth-order valence-corrected chi connectivity index (χ4v) is 1.32. The Bertz CT molecular complexity index is 373. The second-order valence-electron chi connectivity index (χ2n) is 2.93. The fraction of sp³-hybridized carbons (Fsp3) is 0.167. The number of rotatable bonds is 3. The van der Waals surface area contributed by atoms with Gasteiger partial charge in [0, 0.05) is 5.56 Å². The molecular weight excluding hydrogens is 176 g/mol. The first-order valence-electron chi connectivity index (χ1n) is 4.67. The van der Waals surface area contributed by atoms with Crippen LogP contribution in [0.25, 0.3) is 11.3 Å². The SMILES string of the molecule is CCOc1ccc(-c2ccco2)cc1. The van der Waals surface area contributed by atoms with Gasteiger partial charge in [0.15, 0.2) is 0 Å². The molecule has 14 heavy (non-hydrogen) atoms. The Morgan fingerprint density at radius 2 is 1.93 bits per heavy atom. The predicted octanol–water partition coefficient (Wildman–Crippen LogP) is 3.35. The molecule has 2 heteroatoms. The third kappa shape index (κ3) is 1.79. The summed E-state index contributed by atoms with van der Waals surface area (Å²) in [6.45, 7) is 2.67. The van der Waals surface area contributed by atoms with Crippen LogP contribution in [0.1, 0.15) is 6.92 Å². The molecule has 1 heterocycles. The zero-order valence-electron chi connectivity index (χ0n) is 8.07. The van der Waals surface area contributed by atoms with Crippen molar-refractivity contribution < 1.29 is 9.15 Å². The Morgan fingerprint density at radius 1 is 1.14 bits per heavy atom. The topological polar surface area (TPSA) is 22.4 Å². The van der Waals surface area contributed by atoms with Gasteiger partial charge in [-0.2, -0.15) is 0 Å². The van der Waals surface area contributed by atoms with E-state index in [4.69, 9.17) is 9.15 Å². The van der Waals surface area contributed by atoms with E-state index in [-0.39, 0.29) is 0 Å². The smallest absolute Gasteiger partial charge is 0.133 e. The zero-order valence-corrected chi connectivity index (χ0v) is 8.07. The summed E-state index contributed by atoms with van der Waals surface area (Å²) in [6, 6.07) is 11.7. The Morgan fingerprint density at radius 3 is 2.50 bits per heavy atom. The standard InChI is InChI=1S/C12H12O2/c1-2-13-11-7-5-10(6-8-11)12-4-3-9-14-12/h3-9H,2H2,1H3. The molecule has 0 aliphatic carbocycles. The molecule has 0 saturated carbocycles. The molecule has 0 amide bonds. The van der Waals surface area contributed by atoms with Gasteiger partial charge in [0.1, 0.15) is 11.5 Å². The van der Waals surface area contributed by atoms with E-state index in [1.807, 2.05) is 43.3 Å². The number of furan rings is 1. The van der Waals surface area contributed by atoms with E-state index in [0.717, 1.165) is 17.1 Å². The highest BCUT2D eigenvalue weighted by molar-refractivity contribution is 5.58. The molecule has 0 saturated heterocycles. The lowest BCUT2D eigenvalue weighted by Gasteiger charge is -2.02. The van der Waals surface area contributed by atoms with E-state index in [1.54, 1.807) is 6.26 Å². The quantitative estimate of drug-likeness (QED) is 0.737. The van der Waals surface area contributed by atoms with Gasteiger partial charge in [-0.15, -0.1) is 0 Å². The van der Waals surface area contributed by atoms with Crippen LogP contribution in [0.5, 0.6) is 5.75 Å².